The molecule has 1 aromatic heterocycles. The first kappa shape index (κ1) is 21.3. The molecular formula is C20H16F5N3O2. The van der Waals surface area contributed by atoms with Crippen molar-refractivity contribution < 1.29 is 26.7 Å². The Balaban J connectivity index is 2.01. The van der Waals surface area contributed by atoms with Gasteiger partial charge in [0, 0.05) is 18.0 Å². The summed E-state index contributed by atoms with van der Waals surface area (Å²) in [6.45, 7) is 3.25. The van der Waals surface area contributed by atoms with Crippen LogP contribution in [0.4, 0.5) is 33.6 Å². The third kappa shape index (κ3) is 4.42. The zero-order chi connectivity index (χ0) is 22.0. The maximum Gasteiger partial charge on any atom is 0.310 e. The Morgan fingerprint density at radius 1 is 1.00 bits per heavy atom. The van der Waals surface area contributed by atoms with Crippen LogP contribution >= 0.6 is 0 Å². The highest BCUT2D eigenvalue weighted by molar-refractivity contribution is 5.60. The van der Waals surface area contributed by atoms with E-state index in [0.29, 0.717) is 5.56 Å². The molecule has 0 radical (unpaired) electrons. The number of aryl methyl sites for hydroxylation is 1. The zero-order valence-corrected chi connectivity index (χ0v) is 15.9. The number of nitrogens with one attached hydrogen (secondary N) is 1. The zero-order valence-electron chi connectivity index (χ0n) is 15.9. The number of hydrogen-bond donors (Lipinski definition) is 1. The Morgan fingerprint density at radius 3 is 2.30 bits per heavy atom. The molecule has 2 aromatic carbocycles. The molecule has 3 rings (SSSR count). The highest BCUT2D eigenvalue weighted by Crippen LogP contribution is 2.27. The fraction of sp³-hybridized carbons (Fsp3) is 0.200. The predicted octanol–water partition coefficient (Wildman–Crippen LogP) is 4.44. The maximum atomic E-state index is 14.2. The second-order valence-electron chi connectivity index (χ2n) is 6.37. The summed E-state index contributed by atoms with van der Waals surface area (Å²) < 4.78 is 74.4. The van der Waals surface area contributed by atoms with Crippen LogP contribution in [0, 0.1) is 36.0 Å². The normalized spacial score (nSPS) is 10.9. The molecule has 0 atom stereocenters. The second kappa shape index (κ2) is 8.52. The number of anilines is 2. The van der Waals surface area contributed by atoms with Gasteiger partial charge < -0.3 is 14.6 Å². The van der Waals surface area contributed by atoms with E-state index in [-0.39, 0.29) is 36.1 Å². The highest BCUT2D eigenvalue weighted by Gasteiger charge is 2.15. The van der Waals surface area contributed by atoms with E-state index in [1.165, 1.54) is 6.07 Å². The van der Waals surface area contributed by atoms with Crippen LogP contribution in [0.3, 0.4) is 0 Å². The van der Waals surface area contributed by atoms with Gasteiger partial charge in [0.05, 0.1) is 13.2 Å². The van der Waals surface area contributed by atoms with Crippen LogP contribution < -0.4 is 15.6 Å². The molecule has 0 aliphatic rings. The van der Waals surface area contributed by atoms with Gasteiger partial charge in [-0.15, -0.1) is 0 Å². The fourth-order valence-electron chi connectivity index (χ4n) is 2.76. The molecule has 0 amide bonds. The minimum atomic E-state index is -1.64. The van der Waals surface area contributed by atoms with Gasteiger partial charge in [-0.25, -0.2) is 17.6 Å². The van der Waals surface area contributed by atoms with Crippen molar-refractivity contribution in [2.24, 2.45) is 0 Å². The molecule has 5 nitrogen and oxygen atoms in total. The number of aromatic nitrogens is 2. The lowest BCUT2D eigenvalue weighted by Crippen LogP contribution is -2.20. The SMILES string of the molecule is CCOc1cc(C)c(Nc2nc(=O)c(F)cn2Cc2cc(F)c(F)c(F)c2)cc1F. The molecule has 158 valence electrons. The van der Waals surface area contributed by atoms with Gasteiger partial charge in [0.1, 0.15) is 0 Å². The van der Waals surface area contributed by atoms with Crippen LogP contribution in [-0.4, -0.2) is 16.2 Å². The summed E-state index contributed by atoms with van der Waals surface area (Å²) in [5.41, 5.74) is -0.494. The summed E-state index contributed by atoms with van der Waals surface area (Å²) in [5.74, 6) is -6.54. The lowest BCUT2D eigenvalue weighted by Gasteiger charge is -2.16. The molecule has 30 heavy (non-hydrogen) atoms. The maximum absolute atomic E-state index is 14.2. The van der Waals surface area contributed by atoms with Gasteiger partial charge in [0.2, 0.25) is 11.8 Å². The molecule has 3 aromatic rings. The van der Waals surface area contributed by atoms with Crippen LogP contribution in [0.15, 0.2) is 35.3 Å². The van der Waals surface area contributed by atoms with Crippen molar-refractivity contribution >= 4 is 11.6 Å². The van der Waals surface area contributed by atoms with E-state index in [2.05, 4.69) is 10.3 Å². The minimum absolute atomic E-state index is 0.0299. The van der Waals surface area contributed by atoms with Crippen molar-refractivity contribution in [3.05, 3.63) is 81.0 Å². The van der Waals surface area contributed by atoms with Crippen molar-refractivity contribution in [2.45, 2.75) is 20.4 Å². The van der Waals surface area contributed by atoms with E-state index < -0.39 is 34.6 Å². The molecule has 0 spiro atoms. The first-order chi connectivity index (χ1) is 14.2. The monoisotopic (exact) mass is 425 g/mol. The highest BCUT2D eigenvalue weighted by atomic mass is 19.2. The van der Waals surface area contributed by atoms with Crippen molar-refractivity contribution in [1.29, 1.82) is 0 Å². The third-order valence-electron chi connectivity index (χ3n) is 4.17. The first-order valence-corrected chi connectivity index (χ1v) is 8.80. The van der Waals surface area contributed by atoms with Gasteiger partial charge in [-0.2, -0.15) is 9.37 Å². The van der Waals surface area contributed by atoms with Gasteiger partial charge in [-0.05, 0) is 43.2 Å². The number of ether oxygens (including phenoxy) is 1. The van der Waals surface area contributed by atoms with Crippen molar-refractivity contribution in [3.8, 4) is 5.75 Å². The Hall–Kier alpha value is -3.43. The lowest BCUT2D eigenvalue weighted by molar-refractivity contribution is 0.321. The molecule has 0 aliphatic heterocycles. The van der Waals surface area contributed by atoms with Crippen LogP contribution in [-0.2, 0) is 6.54 Å². The minimum Gasteiger partial charge on any atom is -0.491 e. The topological polar surface area (TPSA) is 56.1 Å². The van der Waals surface area contributed by atoms with E-state index in [1.807, 2.05) is 0 Å². The third-order valence-corrected chi connectivity index (χ3v) is 4.17. The Morgan fingerprint density at radius 2 is 1.67 bits per heavy atom. The molecule has 1 N–H and O–H groups in total. The Kier molecular flexibility index (Phi) is 6.04. The number of nitrogens with zero attached hydrogens (tertiary/aromatic N) is 2. The van der Waals surface area contributed by atoms with Crippen molar-refractivity contribution in [2.75, 3.05) is 11.9 Å². The average molecular weight is 425 g/mol. The number of hydrogen-bond acceptors (Lipinski definition) is 4. The molecule has 0 aliphatic carbocycles. The van der Waals surface area contributed by atoms with Crippen LogP contribution in [0.2, 0.25) is 0 Å². The lowest BCUT2D eigenvalue weighted by atomic mass is 10.2. The molecule has 10 heteroatoms. The second-order valence-corrected chi connectivity index (χ2v) is 6.37. The number of halogens is 5. The summed E-state index contributed by atoms with van der Waals surface area (Å²) in [6.07, 6.45) is 0.775. The fourth-order valence-corrected chi connectivity index (χ4v) is 2.76. The molecule has 0 unspecified atom stereocenters. The van der Waals surface area contributed by atoms with E-state index in [9.17, 15) is 26.7 Å². The molecule has 0 fully saturated rings. The molecule has 0 saturated carbocycles. The van der Waals surface area contributed by atoms with Gasteiger partial charge in [-0.1, -0.05) is 0 Å². The van der Waals surface area contributed by atoms with Crippen molar-refractivity contribution in [1.82, 2.24) is 9.55 Å². The van der Waals surface area contributed by atoms with E-state index >= 15 is 0 Å². The molecular weight excluding hydrogens is 409 g/mol. The summed E-state index contributed by atoms with van der Waals surface area (Å²) in [4.78, 5) is 15.2. The summed E-state index contributed by atoms with van der Waals surface area (Å²) in [6, 6.07) is 4.01. The average Bonchev–Trinajstić information content (AvgIpc) is 2.67. The molecule has 1 heterocycles. The van der Waals surface area contributed by atoms with Crippen LogP contribution in [0.25, 0.3) is 0 Å². The van der Waals surface area contributed by atoms with Crippen molar-refractivity contribution in [3.63, 3.8) is 0 Å². The Bertz CT molecular complexity index is 1140. The summed E-state index contributed by atoms with van der Waals surface area (Å²) >= 11 is 0. The first-order valence-electron chi connectivity index (χ1n) is 8.80. The summed E-state index contributed by atoms with van der Waals surface area (Å²) in [7, 11) is 0. The van der Waals surface area contributed by atoms with Crippen LogP contribution in [0.1, 0.15) is 18.1 Å². The van der Waals surface area contributed by atoms with E-state index in [4.69, 9.17) is 4.74 Å². The Labute approximate surface area is 167 Å². The molecule has 0 saturated heterocycles. The van der Waals surface area contributed by atoms with E-state index in [1.54, 1.807) is 13.8 Å². The van der Waals surface area contributed by atoms with Gasteiger partial charge in [-0.3, -0.25) is 4.79 Å². The quantitative estimate of drug-likeness (QED) is 0.469. The largest absolute Gasteiger partial charge is 0.491 e. The smallest absolute Gasteiger partial charge is 0.310 e. The number of rotatable bonds is 6. The predicted molar refractivity (Wildman–Crippen MR) is 99.5 cm³/mol. The van der Waals surface area contributed by atoms with Gasteiger partial charge >= 0.3 is 5.56 Å². The standard InChI is InChI=1S/C20H16F5N3O2/c1-3-30-17-4-10(2)16(7-12(17)21)26-20-27-19(29)15(24)9-28(20)8-11-5-13(22)18(25)14(23)6-11/h4-7,9H,3,8H2,1-2H3,(H,26,27,29). The van der Waals surface area contributed by atoms with Gasteiger partial charge in [0.15, 0.2) is 29.0 Å². The number of benzene rings is 2. The molecule has 0 bridgehead atoms. The van der Waals surface area contributed by atoms with Crippen LogP contribution in [0.5, 0.6) is 5.75 Å². The van der Waals surface area contributed by atoms with E-state index in [0.717, 1.165) is 29.0 Å². The van der Waals surface area contributed by atoms with Gasteiger partial charge in [0.25, 0.3) is 0 Å². The summed E-state index contributed by atoms with van der Waals surface area (Å²) in [5, 5.41) is 2.71.